The van der Waals surface area contributed by atoms with E-state index < -0.39 is 5.82 Å². The number of hydrogen-bond donors (Lipinski definition) is 1. The van der Waals surface area contributed by atoms with Crippen LogP contribution in [0.3, 0.4) is 0 Å². The van der Waals surface area contributed by atoms with Crippen molar-refractivity contribution in [3.63, 3.8) is 0 Å². The Morgan fingerprint density at radius 1 is 1.21 bits per heavy atom. The van der Waals surface area contributed by atoms with Gasteiger partial charge in [-0.15, -0.1) is 0 Å². The Bertz CT molecular complexity index is 595. The highest BCUT2D eigenvalue weighted by Crippen LogP contribution is 2.31. The minimum absolute atomic E-state index is 0.165. The molecule has 0 bridgehead atoms. The number of nitrogens with one attached hydrogen (secondary N) is 1. The van der Waals surface area contributed by atoms with Crippen LogP contribution in [-0.4, -0.2) is 24.2 Å². The van der Waals surface area contributed by atoms with E-state index >= 15 is 0 Å². The summed E-state index contributed by atoms with van der Waals surface area (Å²) in [5.41, 5.74) is 0.492. The highest BCUT2D eigenvalue weighted by atomic mass is 35.5. The fourth-order valence-electron chi connectivity index (χ4n) is 1.50. The Hall–Kier alpha value is -2.08. The molecule has 0 radical (unpaired) electrons. The molecule has 5 nitrogen and oxygen atoms in total. The van der Waals surface area contributed by atoms with E-state index in [0.717, 1.165) is 0 Å². The molecule has 100 valence electrons. The van der Waals surface area contributed by atoms with Crippen LogP contribution < -0.4 is 14.8 Å². The molecule has 2 aromatic rings. The van der Waals surface area contributed by atoms with E-state index in [1.165, 1.54) is 32.7 Å². The number of ether oxygens (including phenoxy) is 2. The average Bonchev–Trinajstić information content (AvgIpc) is 2.39. The summed E-state index contributed by atoms with van der Waals surface area (Å²) in [6.07, 6.45) is 1.28. The van der Waals surface area contributed by atoms with Gasteiger partial charge < -0.3 is 14.8 Å². The van der Waals surface area contributed by atoms with Gasteiger partial charge in [-0.3, -0.25) is 0 Å². The second kappa shape index (κ2) is 5.71. The molecule has 0 saturated heterocycles. The maximum absolute atomic E-state index is 13.6. The highest BCUT2D eigenvalue weighted by molar-refractivity contribution is 6.31. The molecular weight excluding hydrogens is 273 g/mol. The Kier molecular flexibility index (Phi) is 4.01. The Balaban J connectivity index is 2.31. The van der Waals surface area contributed by atoms with Crippen LogP contribution in [0, 0.1) is 5.82 Å². The van der Waals surface area contributed by atoms with Crippen LogP contribution in [0.15, 0.2) is 24.5 Å². The van der Waals surface area contributed by atoms with Crippen molar-refractivity contribution in [3.05, 3.63) is 35.5 Å². The molecule has 19 heavy (non-hydrogen) atoms. The molecule has 0 atom stereocenters. The molecule has 7 heteroatoms. The van der Waals surface area contributed by atoms with Gasteiger partial charge in [-0.1, -0.05) is 11.6 Å². The van der Waals surface area contributed by atoms with Gasteiger partial charge in [0.1, 0.15) is 6.33 Å². The first kappa shape index (κ1) is 13.4. The standard InChI is InChI=1S/C12H11ClFN3O2/c1-18-9-4-3-7(5-8(9)14)17-12-10(19-2)11(13)15-6-16-12/h3-6H,1-2H3,(H,15,16,17). The van der Waals surface area contributed by atoms with Gasteiger partial charge in [-0.05, 0) is 12.1 Å². The molecular formula is C12H11ClFN3O2. The van der Waals surface area contributed by atoms with Crippen LogP contribution >= 0.6 is 11.6 Å². The molecule has 1 aromatic carbocycles. The summed E-state index contributed by atoms with van der Waals surface area (Å²) in [4.78, 5) is 7.78. The third-order valence-electron chi connectivity index (χ3n) is 2.38. The molecule has 0 fully saturated rings. The van der Waals surface area contributed by atoms with E-state index in [1.807, 2.05) is 0 Å². The molecule has 2 rings (SSSR count). The molecule has 0 spiro atoms. The second-order valence-corrected chi connectivity index (χ2v) is 3.88. The lowest BCUT2D eigenvalue weighted by Gasteiger charge is -2.11. The normalized spacial score (nSPS) is 10.1. The van der Waals surface area contributed by atoms with E-state index in [1.54, 1.807) is 6.07 Å². The lowest BCUT2D eigenvalue weighted by atomic mass is 10.3. The van der Waals surface area contributed by atoms with Gasteiger partial charge in [-0.25, -0.2) is 14.4 Å². The molecule has 0 aliphatic rings. The lowest BCUT2D eigenvalue weighted by Crippen LogP contribution is -2.00. The van der Waals surface area contributed by atoms with Gasteiger partial charge in [0, 0.05) is 11.8 Å². The summed E-state index contributed by atoms with van der Waals surface area (Å²) in [5, 5.41) is 3.08. The van der Waals surface area contributed by atoms with E-state index in [4.69, 9.17) is 21.1 Å². The third kappa shape index (κ3) is 2.85. The van der Waals surface area contributed by atoms with Crippen LogP contribution in [0.2, 0.25) is 5.15 Å². The Morgan fingerprint density at radius 3 is 2.63 bits per heavy atom. The van der Waals surface area contributed by atoms with Gasteiger partial charge in [0.05, 0.1) is 14.2 Å². The largest absolute Gasteiger partial charge is 0.494 e. The molecule has 1 heterocycles. The van der Waals surface area contributed by atoms with Crippen molar-refractivity contribution in [1.82, 2.24) is 9.97 Å². The zero-order valence-electron chi connectivity index (χ0n) is 10.3. The number of nitrogens with zero attached hydrogens (tertiary/aromatic N) is 2. The topological polar surface area (TPSA) is 56.3 Å². The first-order chi connectivity index (χ1) is 9.15. The van der Waals surface area contributed by atoms with Gasteiger partial charge >= 0.3 is 0 Å². The number of benzene rings is 1. The van der Waals surface area contributed by atoms with Crippen LogP contribution in [-0.2, 0) is 0 Å². The first-order valence-electron chi connectivity index (χ1n) is 5.30. The highest BCUT2D eigenvalue weighted by Gasteiger charge is 2.11. The molecule has 0 unspecified atom stereocenters. The minimum atomic E-state index is -0.480. The van der Waals surface area contributed by atoms with Crippen LogP contribution in [0.4, 0.5) is 15.9 Å². The van der Waals surface area contributed by atoms with Crippen molar-refractivity contribution >= 4 is 23.1 Å². The summed E-state index contributed by atoms with van der Waals surface area (Å²) in [7, 11) is 2.85. The quantitative estimate of drug-likeness (QED) is 0.874. The predicted octanol–water partition coefficient (Wildman–Crippen LogP) is 3.03. The molecule has 1 N–H and O–H groups in total. The number of aromatic nitrogens is 2. The van der Waals surface area contributed by atoms with E-state index in [9.17, 15) is 4.39 Å². The van der Waals surface area contributed by atoms with Gasteiger partial charge in [0.15, 0.2) is 28.3 Å². The minimum Gasteiger partial charge on any atom is -0.494 e. The Morgan fingerprint density at radius 2 is 2.00 bits per heavy atom. The van der Waals surface area contributed by atoms with Crippen molar-refractivity contribution in [2.75, 3.05) is 19.5 Å². The second-order valence-electron chi connectivity index (χ2n) is 3.52. The average molecular weight is 284 g/mol. The van der Waals surface area contributed by atoms with Crippen molar-refractivity contribution in [2.45, 2.75) is 0 Å². The third-order valence-corrected chi connectivity index (χ3v) is 2.65. The fourth-order valence-corrected chi connectivity index (χ4v) is 1.71. The monoisotopic (exact) mass is 283 g/mol. The lowest BCUT2D eigenvalue weighted by molar-refractivity contribution is 0.386. The SMILES string of the molecule is COc1ccc(Nc2ncnc(Cl)c2OC)cc1F. The van der Waals surface area contributed by atoms with Crippen LogP contribution in [0.5, 0.6) is 11.5 Å². The zero-order chi connectivity index (χ0) is 13.8. The number of hydrogen-bond acceptors (Lipinski definition) is 5. The van der Waals surface area contributed by atoms with Crippen molar-refractivity contribution < 1.29 is 13.9 Å². The van der Waals surface area contributed by atoms with Crippen LogP contribution in [0.25, 0.3) is 0 Å². The van der Waals surface area contributed by atoms with Crippen molar-refractivity contribution in [1.29, 1.82) is 0 Å². The van der Waals surface area contributed by atoms with Gasteiger partial charge in [-0.2, -0.15) is 0 Å². The number of anilines is 2. The van der Waals surface area contributed by atoms with Crippen molar-refractivity contribution in [2.24, 2.45) is 0 Å². The maximum atomic E-state index is 13.6. The summed E-state index contributed by atoms with van der Waals surface area (Å²) < 4.78 is 23.5. The van der Waals surface area contributed by atoms with Gasteiger partial charge in [0.2, 0.25) is 0 Å². The summed E-state index contributed by atoms with van der Waals surface area (Å²) in [6, 6.07) is 4.44. The molecule has 0 amide bonds. The summed E-state index contributed by atoms with van der Waals surface area (Å²) in [5.74, 6) is 0.331. The number of rotatable bonds is 4. The Labute approximate surface area is 114 Å². The van der Waals surface area contributed by atoms with Gasteiger partial charge in [0.25, 0.3) is 0 Å². The van der Waals surface area contributed by atoms with E-state index in [0.29, 0.717) is 17.3 Å². The summed E-state index contributed by atoms with van der Waals surface area (Å²) in [6.45, 7) is 0. The van der Waals surface area contributed by atoms with E-state index in [2.05, 4.69) is 15.3 Å². The number of halogens is 2. The maximum Gasteiger partial charge on any atom is 0.199 e. The predicted molar refractivity (Wildman–Crippen MR) is 69.8 cm³/mol. The molecule has 0 aliphatic heterocycles. The first-order valence-corrected chi connectivity index (χ1v) is 5.68. The van der Waals surface area contributed by atoms with Crippen molar-refractivity contribution in [3.8, 4) is 11.5 Å². The van der Waals surface area contributed by atoms with Crippen LogP contribution in [0.1, 0.15) is 0 Å². The molecule has 0 aliphatic carbocycles. The smallest absolute Gasteiger partial charge is 0.199 e. The number of methoxy groups -OCH3 is 2. The molecule has 0 saturated carbocycles. The fraction of sp³-hybridized carbons (Fsp3) is 0.167. The van der Waals surface area contributed by atoms with E-state index in [-0.39, 0.29) is 10.9 Å². The zero-order valence-corrected chi connectivity index (χ0v) is 11.0. The molecule has 1 aromatic heterocycles. The summed E-state index contributed by atoms with van der Waals surface area (Å²) >= 11 is 5.86.